The second kappa shape index (κ2) is 6.83. The summed E-state index contributed by atoms with van der Waals surface area (Å²) < 4.78 is 12.5. The maximum atomic E-state index is 12.5. The number of hydrogen-bond donors (Lipinski definition) is 1. The van der Waals surface area contributed by atoms with E-state index in [1.807, 2.05) is 35.8 Å². The van der Waals surface area contributed by atoms with E-state index in [-0.39, 0.29) is 11.9 Å². The van der Waals surface area contributed by atoms with Gasteiger partial charge in [-0.05, 0) is 24.1 Å². The lowest BCUT2D eigenvalue weighted by Gasteiger charge is -2.17. The second-order valence-corrected chi connectivity index (χ2v) is 5.50. The maximum Gasteiger partial charge on any atom is 0.271 e. The monoisotopic (exact) mass is 315 g/mol. The molecule has 1 amide bonds. The Kier molecular flexibility index (Phi) is 4.62. The summed E-state index contributed by atoms with van der Waals surface area (Å²) in [6, 6.07) is 7.69. The van der Waals surface area contributed by atoms with Crippen molar-refractivity contribution in [2.45, 2.75) is 32.5 Å². The number of ether oxygens (including phenoxy) is 2. The van der Waals surface area contributed by atoms with Crippen LogP contribution in [0.4, 0.5) is 0 Å². The van der Waals surface area contributed by atoms with Gasteiger partial charge >= 0.3 is 0 Å². The molecule has 23 heavy (non-hydrogen) atoms. The second-order valence-electron chi connectivity index (χ2n) is 5.50. The molecule has 1 atom stereocenters. The van der Waals surface area contributed by atoms with E-state index in [1.165, 1.54) is 0 Å². The zero-order valence-corrected chi connectivity index (χ0v) is 13.4. The van der Waals surface area contributed by atoms with Gasteiger partial charge < -0.3 is 19.4 Å². The normalized spacial score (nSPS) is 14.9. The molecule has 0 aliphatic carbocycles. The number of methoxy groups -OCH3 is 1. The van der Waals surface area contributed by atoms with Gasteiger partial charge in [-0.2, -0.15) is 0 Å². The molecule has 3 rings (SSSR count). The molecule has 1 N–H and O–H groups in total. The number of amides is 1. The number of aromatic nitrogens is 2. The van der Waals surface area contributed by atoms with Gasteiger partial charge in [0.05, 0.1) is 19.8 Å². The van der Waals surface area contributed by atoms with Crippen molar-refractivity contribution in [1.29, 1.82) is 0 Å². The zero-order valence-electron chi connectivity index (χ0n) is 13.4. The SMILES string of the molecule is CCC(NC(=O)c1cn2c(n1)COCC2)c1ccc(OC)cc1. The molecule has 1 unspecified atom stereocenters. The summed E-state index contributed by atoms with van der Waals surface area (Å²) in [5.41, 5.74) is 1.49. The maximum absolute atomic E-state index is 12.5. The third-order valence-electron chi connectivity index (χ3n) is 4.03. The van der Waals surface area contributed by atoms with E-state index >= 15 is 0 Å². The van der Waals surface area contributed by atoms with Crippen molar-refractivity contribution < 1.29 is 14.3 Å². The quantitative estimate of drug-likeness (QED) is 0.919. The number of hydrogen-bond acceptors (Lipinski definition) is 4. The topological polar surface area (TPSA) is 65.4 Å². The summed E-state index contributed by atoms with van der Waals surface area (Å²) >= 11 is 0. The number of carbonyl (C=O) groups is 1. The fraction of sp³-hybridized carbons (Fsp3) is 0.412. The predicted molar refractivity (Wildman–Crippen MR) is 85.4 cm³/mol. The molecule has 1 aliphatic heterocycles. The summed E-state index contributed by atoms with van der Waals surface area (Å²) in [6.07, 6.45) is 2.60. The van der Waals surface area contributed by atoms with Crippen molar-refractivity contribution in [1.82, 2.24) is 14.9 Å². The molecule has 2 aromatic rings. The van der Waals surface area contributed by atoms with E-state index in [9.17, 15) is 4.79 Å². The van der Waals surface area contributed by atoms with Gasteiger partial charge in [0.25, 0.3) is 5.91 Å². The minimum atomic E-state index is -0.158. The molecule has 122 valence electrons. The summed E-state index contributed by atoms with van der Waals surface area (Å²) in [6.45, 7) is 3.91. The van der Waals surface area contributed by atoms with Crippen molar-refractivity contribution >= 4 is 5.91 Å². The van der Waals surface area contributed by atoms with Crippen LogP contribution in [0.15, 0.2) is 30.5 Å². The third kappa shape index (κ3) is 3.37. The highest BCUT2D eigenvalue weighted by Gasteiger charge is 2.19. The Bertz CT molecular complexity index is 655. The van der Waals surface area contributed by atoms with Gasteiger partial charge in [-0.15, -0.1) is 0 Å². The van der Waals surface area contributed by atoms with Gasteiger partial charge in [-0.25, -0.2) is 4.98 Å². The molecule has 0 saturated carbocycles. The molecule has 6 nitrogen and oxygen atoms in total. The first-order valence-electron chi connectivity index (χ1n) is 7.80. The first-order chi connectivity index (χ1) is 11.2. The van der Waals surface area contributed by atoms with Crippen molar-refractivity contribution in [2.24, 2.45) is 0 Å². The molecule has 0 bridgehead atoms. The smallest absolute Gasteiger partial charge is 0.271 e. The van der Waals surface area contributed by atoms with Gasteiger partial charge in [-0.1, -0.05) is 19.1 Å². The highest BCUT2D eigenvalue weighted by Crippen LogP contribution is 2.20. The first kappa shape index (κ1) is 15.6. The minimum absolute atomic E-state index is 0.0524. The Morgan fingerprint density at radius 1 is 1.43 bits per heavy atom. The van der Waals surface area contributed by atoms with Crippen LogP contribution in [0.5, 0.6) is 5.75 Å². The number of carbonyl (C=O) groups excluding carboxylic acids is 1. The van der Waals surface area contributed by atoms with Gasteiger partial charge in [0.1, 0.15) is 23.9 Å². The van der Waals surface area contributed by atoms with E-state index < -0.39 is 0 Å². The molecule has 0 spiro atoms. The van der Waals surface area contributed by atoms with Crippen LogP contribution in [-0.2, 0) is 17.9 Å². The fourth-order valence-corrected chi connectivity index (χ4v) is 2.69. The molecule has 1 aromatic carbocycles. The van der Waals surface area contributed by atoms with Crippen LogP contribution < -0.4 is 10.1 Å². The molecule has 6 heteroatoms. The standard InChI is InChI=1S/C17H21N3O3/c1-3-14(12-4-6-13(22-2)7-5-12)19-17(21)15-10-20-8-9-23-11-16(20)18-15/h4-7,10,14H,3,8-9,11H2,1-2H3,(H,19,21). The molecule has 2 heterocycles. The lowest BCUT2D eigenvalue weighted by molar-refractivity contribution is 0.0815. The Hall–Kier alpha value is -2.34. The molecule has 0 radical (unpaired) electrons. The number of benzene rings is 1. The largest absolute Gasteiger partial charge is 0.497 e. The van der Waals surface area contributed by atoms with E-state index in [0.717, 1.165) is 30.1 Å². The van der Waals surface area contributed by atoms with Crippen LogP contribution in [0.25, 0.3) is 0 Å². The molecular weight excluding hydrogens is 294 g/mol. The highest BCUT2D eigenvalue weighted by molar-refractivity contribution is 5.92. The number of rotatable bonds is 5. The minimum Gasteiger partial charge on any atom is -0.497 e. The number of imidazole rings is 1. The first-order valence-corrected chi connectivity index (χ1v) is 7.80. The molecule has 0 fully saturated rings. The van der Waals surface area contributed by atoms with Gasteiger partial charge in [0.15, 0.2) is 0 Å². The van der Waals surface area contributed by atoms with Crippen LogP contribution in [0.3, 0.4) is 0 Å². The number of fused-ring (bicyclic) bond motifs is 1. The van der Waals surface area contributed by atoms with Gasteiger partial charge in [0.2, 0.25) is 0 Å². The van der Waals surface area contributed by atoms with Crippen LogP contribution in [0.1, 0.15) is 41.3 Å². The van der Waals surface area contributed by atoms with Gasteiger partial charge in [0, 0.05) is 12.7 Å². The van der Waals surface area contributed by atoms with Crippen LogP contribution in [-0.4, -0.2) is 29.2 Å². The summed E-state index contributed by atoms with van der Waals surface area (Å²) in [5.74, 6) is 1.45. The van der Waals surface area contributed by atoms with E-state index in [0.29, 0.717) is 18.9 Å². The predicted octanol–water partition coefficient (Wildman–Crippen LogP) is 2.30. The fourth-order valence-electron chi connectivity index (χ4n) is 2.69. The van der Waals surface area contributed by atoms with Crippen LogP contribution in [0.2, 0.25) is 0 Å². The average molecular weight is 315 g/mol. The Morgan fingerprint density at radius 2 is 2.22 bits per heavy atom. The highest BCUT2D eigenvalue weighted by atomic mass is 16.5. The molecule has 1 aromatic heterocycles. The van der Waals surface area contributed by atoms with Crippen LogP contribution in [0, 0.1) is 0 Å². The molecular formula is C17H21N3O3. The van der Waals surface area contributed by atoms with E-state index in [4.69, 9.17) is 9.47 Å². The van der Waals surface area contributed by atoms with Crippen LogP contribution >= 0.6 is 0 Å². The zero-order chi connectivity index (χ0) is 16.2. The number of nitrogens with zero attached hydrogens (tertiary/aromatic N) is 2. The van der Waals surface area contributed by atoms with Crippen molar-refractivity contribution in [2.75, 3.05) is 13.7 Å². The van der Waals surface area contributed by atoms with E-state index in [1.54, 1.807) is 13.3 Å². The lowest BCUT2D eigenvalue weighted by Crippen LogP contribution is -2.28. The third-order valence-corrected chi connectivity index (χ3v) is 4.03. The average Bonchev–Trinajstić information content (AvgIpc) is 3.04. The summed E-state index contributed by atoms with van der Waals surface area (Å²) in [5, 5.41) is 3.05. The molecule has 1 aliphatic rings. The van der Waals surface area contributed by atoms with Gasteiger partial charge in [-0.3, -0.25) is 4.79 Å². The number of nitrogens with one attached hydrogen (secondary N) is 1. The van der Waals surface area contributed by atoms with Crippen molar-refractivity contribution in [3.05, 3.63) is 47.5 Å². The summed E-state index contributed by atoms with van der Waals surface area (Å²) in [7, 11) is 1.64. The molecule has 0 saturated heterocycles. The van der Waals surface area contributed by atoms with Crippen molar-refractivity contribution in [3.63, 3.8) is 0 Å². The Morgan fingerprint density at radius 3 is 2.87 bits per heavy atom. The summed E-state index contributed by atoms with van der Waals surface area (Å²) in [4.78, 5) is 16.8. The lowest BCUT2D eigenvalue weighted by atomic mass is 10.0. The Labute approximate surface area is 135 Å². The van der Waals surface area contributed by atoms with E-state index in [2.05, 4.69) is 10.3 Å². The van der Waals surface area contributed by atoms with Crippen molar-refractivity contribution in [3.8, 4) is 5.75 Å². The Balaban J connectivity index is 1.72.